The first-order valence-electron chi connectivity index (χ1n) is 8.36. The zero-order chi connectivity index (χ0) is 18.2. The van der Waals surface area contributed by atoms with Crippen LogP contribution in [0.25, 0.3) is 0 Å². The van der Waals surface area contributed by atoms with Crippen molar-refractivity contribution in [2.75, 3.05) is 17.7 Å². The summed E-state index contributed by atoms with van der Waals surface area (Å²) < 4.78 is 5.80. The highest BCUT2D eigenvalue weighted by Crippen LogP contribution is 2.26. The monoisotopic (exact) mass is 359 g/mol. The number of rotatable bonds is 8. The van der Waals surface area contributed by atoms with Crippen molar-refractivity contribution in [1.29, 1.82) is 0 Å². The minimum Gasteiger partial charge on any atom is -0.491 e. The van der Waals surface area contributed by atoms with Crippen LogP contribution in [-0.4, -0.2) is 29.5 Å². The normalized spacial score (nSPS) is 12.0. The van der Waals surface area contributed by atoms with Crippen LogP contribution < -0.4 is 10.1 Å². The molecule has 1 atom stereocenters. The maximum atomic E-state index is 11.0. The van der Waals surface area contributed by atoms with Crippen molar-refractivity contribution in [2.45, 2.75) is 37.7 Å². The SMILES string of the molecule is CC(=O)Nc1ccc(SC[C@H](O)COc2ccccc2C(C)C)cc1. The van der Waals surface area contributed by atoms with Crippen LogP contribution in [0.2, 0.25) is 0 Å². The molecule has 4 nitrogen and oxygen atoms in total. The Labute approximate surface area is 153 Å². The smallest absolute Gasteiger partial charge is 0.221 e. The fourth-order valence-electron chi connectivity index (χ4n) is 2.35. The molecule has 25 heavy (non-hydrogen) atoms. The van der Waals surface area contributed by atoms with Crippen LogP contribution in [0.1, 0.15) is 32.3 Å². The van der Waals surface area contributed by atoms with Crippen LogP contribution in [0.3, 0.4) is 0 Å². The lowest BCUT2D eigenvalue weighted by molar-refractivity contribution is -0.114. The Morgan fingerprint density at radius 2 is 1.84 bits per heavy atom. The number of aliphatic hydroxyl groups is 1. The van der Waals surface area contributed by atoms with Gasteiger partial charge in [-0.15, -0.1) is 11.8 Å². The number of para-hydroxylation sites is 1. The van der Waals surface area contributed by atoms with Gasteiger partial charge in [0.25, 0.3) is 0 Å². The predicted molar refractivity (Wildman–Crippen MR) is 104 cm³/mol. The summed E-state index contributed by atoms with van der Waals surface area (Å²) in [5, 5.41) is 12.9. The van der Waals surface area contributed by atoms with Gasteiger partial charge in [0.05, 0.1) is 6.10 Å². The van der Waals surface area contributed by atoms with Crippen molar-refractivity contribution in [1.82, 2.24) is 0 Å². The summed E-state index contributed by atoms with van der Waals surface area (Å²) in [5.74, 6) is 1.67. The van der Waals surface area contributed by atoms with E-state index in [1.54, 1.807) is 11.8 Å². The quantitative estimate of drug-likeness (QED) is 0.690. The van der Waals surface area contributed by atoms with E-state index >= 15 is 0 Å². The molecule has 0 spiro atoms. The molecule has 0 unspecified atom stereocenters. The van der Waals surface area contributed by atoms with Gasteiger partial charge in [0, 0.05) is 23.3 Å². The summed E-state index contributed by atoms with van der Waals surface area (Å²) >= 11 is 1.56. The fraction of sp³-hybridized carbons (Fsp3) is 0.350. The van der Waals surface area contributed by atoms with E-state index in [0.29, 0.717) is 11.7 Å². The molecule has 0 aliphatic carbocycles. The van der Waals surface area contributed by atoms with Crippen molar-refractivity contribution in [3.63, 3.8) is 0 Å². The highest BCUT2D eigenvalue weighted by Gasteiger charge is 2.10. The van der Waals surface area contributed by atoms with Crippen molar-refractivity contribution in [3.8, 4) is 5.75 Å². The fourth-order valence-corrected chi connectivity index (χ4v) is 3.16. The van der Waals surface area contributed by atoms with E-state index in [1.807, 2.05) is 42.5 Å². The Bertz CT molecular complexity index is 686. The number of hydrogen-bond donors (Lipinski definition) is 2. The van der Waals surface area contributed by atoms with Gasteiger partial charge in [-0.05, 0) is 41.8 Å². The van der Waals surface area contributed by atoms with E-state index in [2.05, 4.69) is 25.2 Å². The number of hydrogen-bond acceptors (Lipinski definition) is 4. The van der Waals surface area contributed by atoms with Crippen molar-refractivity contribution >= 4 is 23.4 Å². The molecule has 1 amide bonds. The largest absolute Gasteiger partial charge is 0.491 e. The second kappa shape index (κ2) is 9.49. The molecule has 0 radical (unpaired) electrons. The highest BCUT2D eigenvalue weighted by atomic mass is 32.2. The Morgan fingerprint density at radius 3 is 2.48 bits per heavy atom. The molecule has 0 aromatic heterocycles. The Morgan fingerprint density at radius 1 is 1.16 bits per heavy atom. The van der Waals surface area contributed by atoms with Gasteiger partial charge in [-0.2, -0.15) is 0 Å². The standard InChI is InChI=1S/C20H25NO3S/c1-14(2)19-6-4-5-7-20(19)24-12-17(23)13-25-18-10-8-16(9-11-18)21-15(3)22/h4-11,14,17,23H,12-13H2,1-3H3,(H,21,22)/t17-/m1/s1. The second-order valence-electron chi connectivity index (χ2n) is 6.17. The molecule has 2 N–H and O–H groups in total. The van der Waals surface area contributed by atoms with Gasteiger partial charge in [-0.25, -0.2) is 0 Å². The van der Waals surface area contributed by atoms with Gasteiger partial charge in [0.2, 0.25) is 5.91 Å². The average Bonchev–Trinajstić information content (AvgIpc) is 2.59. The molecule has 0 heterocycles. The molecule has 5 heteroatoms. The summed E-state index contributed by atoms with van der Waals surface area (Å²) in [6.45, 7) is 6.00. The zero-order valence-corrected chi connectivity index (χ0v) is 15.7. The number of thioether (sulfide) groups is 1. The number of ether oxygens (including phenoxy) is 1. The molecule has 2 aromatic rings. The van der Waals surface area contributed by atoms with E-state index in [1.165, 1.54) is 6.92 Å². The van der Waals surface area contributed by atoms with Crippen LogP contribution in [-0.2, 0) is 4.79 Å². The van der Waals surface area contributed by atoms with Gasteiger partial charge in [-0.1, -0.05) is 32.0 Å². The minimum absolute atomic E-state index is 0.0883. The minimum atomic E-state index is -0.555. The van der Waals surface area contributed by atoms with E-state index in [-0.39, 0.29) is 12.5 Å². The molecule has 2 aromatic carbocycles. The Kier molecular flexibility index (Phi) is 7.34. The van der Waals surface area contributed by atoms with Crippen LogP contribution in [0.15, 0.2) is 53.4 Å². The number of carbonyl (C=O) groups excluding carboxylic acids is 1. The summed E-state index contributed by atoms with van der Waals surface area (Å²) in [6.07, 6.45) is -0.555. The van der Waals surface area contributed by atoms with Gasteiger partial charge < -0.3 is 15.2 Å². The molecule has 0 saturated heterocycles. The van der Waals surface area contributed by atoms with Gasteiger partial charge in [-0.3, -0.25) is 4.79 Å². The number of anilines is 1. The summed E-state index contributed by atoms with van der Waals surface area (Å²) in [6, 6.07) is 15.5. The third-order valence-electron chi connectivity index (χ3n) is 3.59. The first-order chi connectivity index (χ1) is 12.0. The number of amides is 1. The molecular weight excluding hydrogens is 334 g/mol. The molecule has 134 valence electrons. The first kappa shape index (κ1) is 19.3. The van der Waals surface area contributed by atoms with E-state index in [4.69, 9.17) is 4.74 Å². The van der Waals surface area contributed by atoms with Crippen LogP contribution in [0.5, 0.6) is 5.75 Å². The lowest BCUT2D eigenvalue weighted by atomic mass is 10.0. The summed E-state index contributed by atoms with van der Waals surface area (Å²) in [7, 11) is 0. The molecule has 0 aliphatic heterocycles. The lowest BCUT2D eigenvalue weighted by Crippen LogP contribution is -2.20. The third kappa shape index (κ3) is 6.44. The molecule has 0 bridgehead atoms. The Hall–Kier alpha value is -1.98. The van der Waals surface area contributed by atoms with Gasteiger partial charge in [0.15, 0.2) is 0 Å². The number of nitrogens with one attached hydrogen (secondary N) is 1. The third-order valence-corrected chi connectivity index (χ3v) is 4.75. The van der Waals surface area contributed by atoms with Gasteiger partial charge in [0.1, 0.15) is 12.4 Å². The molecule has 0 saturated carbocycles. The molecule has 0 fully saturated rings. The highest BCUT2D eigenvalue weighted by molar-refractivity contribution is 7.99. The maximum Gasteiger partial charge on any atom is 0.221 e. The van der Waals surface area contributed by atoms with Crippen molar-refractivity contribution < 1.29 is 14.6 Å². The summed E-state index contributed by atoms with van der Waals surface area (Å²) in [5.41, 5.74) is 1.92. The van der Waals surface area contributed by atoms with Crippen LogP contribution in [0, 0.1) is 0 Å². The zero-order valence-electron chi connectivity index (χ0n) is 14.9. The molecule has 2 rings (SSSR count). The van der Waals surface area contributed by atoms with E-state index in [0.717, 1.165) is 21.9 Å². The number of aliphatic hydroxyl groups excluding tert-OH is 1. The topological polar surface area (TPSA) is 58.6 Å². The second-order valence-corrected chi connectivity index (χ2v) is 7.27. The van der Waals surface area contributed by atoms with E-state index in [9.17, 15) is 9.90 Å². The van der Waals surface area contributed by atoms with Gasteiger partial charge >= 0.3 is 0 Å². The molecular formula is C20H25NO3S. The number of carbonyl (C=O) groups is 1. The van der Waals surface area contributed by atoms with Crippen molar-refractivity contribution in [2.24, 2.45) is 0 Å². The van der Waals surface area contributed by atoms with Crippen LogP contribution >= 0.6 is 11.8 Å². The van der Waals surface area contributed by atoms with E-state index < -0.39 is 6.10 Å². The lowest BCUT2D eigenvalue weighted by Gasteiger charge is -2.16. The van der Waals surface area contributed by atoms with Crippen LogP contribution in [0.4, 0.5) is 5.69 Å². The Balaban J connectivity index is 1.81. The predicted octanol–water partition coefficient (Wildman–Crippen LogP) is 4.30. The summed E-state index contributed by atoms with van der Waals surface area (Å²) in [4.78, 5) is 12.0. The maximum absolute atomic E-state index is 11.0. The first-order valence-corrected chi connectivity index (χ1v) is 9.34. The van der Waals surface area contributed by atoms with Crippen molar-refractivity contribution in [3.05, 3.63) is 54.1 Å². The average molecular weight is 359 g/mol. The molecule has 0 aliphatic rings. The number of benzene rings is 2.